The second-order valence-electron chi connectivity index (χ2n) is 6.56. The van der Waals surface area contributed by atoms with Crippen LogP contribution < -0.4 is 5.32 Å². The number of aromatic hydroxyl groups is 1. The predicted molar refractivity (Wildman–Crippen MR) is 136 cm³/mol. The predicted octanol–water partition coefficient (Wildman–Crippen LogP) is 7.15. The number of carbonyl (C=O) groups is 1. The van der Waals surface area contributed by atoms with E-state index in [9.17, 15) is 14.3 Å². The molecule has 0 unspecified atom stereocenters. The molecule has 1 aromatic heterocycles. The van der Waals surface area contributed by atoms with Gasteiger partial charge in [-0.3, -0.25) is 9.79 Å². The van der Waals surface area contributed by atoms with Crippen LogP contribution >= 0.6 is 55.0 Å². The number of fused-ring (bicyclic) bond motifs is 1. The van der Waals surface area contributed by atoms with E-state index in [2.05, 4.69) is 47.2 Å². The van der Waals surface area contributed by atoms with Crippen molar-refractivity contribution >= 4 is 88.7 Å². The number of hydrogen-bond donors (Lipinski definition) is 2. The first kappa shape index (κ1) is 22.9. The summed E-state index contributed by atoms with van der Waals surface area (Å²) < 4.78 is 16.1. The Hall–Kier alpha value is -2.27. The van der Waals surface area contributed by atoms with E-state index in [-0.39, 0.29) is 23.2 Å². The maximum atomic E-state index is 13.0. The SMILES string of the molecule is O=C(CSc1nc2ccc(N=Cc3cc(Br)cc(Br)c3O)cc2s1)Nc1ccc(F)cc1. The third-order valence-electron chi connectivity index (χ3n) is 4.22. The van der Waals surface area contributed by atoms with E-state index in [0.717, 1.165) is 24.7 Å². The van der Waals surface area contributed by atoms with Crippen LogP contribution in [0.2, 0.25) is 0 Å². The van der Waals surface area contributed by atoms with E-state index in [1.807, 2.05) is 18.2 Å². The standard InChI is InChI=1S/C22H14Br2FN3O2S2/c23-13-7-12(21(30)17(24)8-13)10-26-16-5-6-18-19(9-16)32-22(28-18)31-11-20(29)27-15-3-1-14(25)2-4-15/h1-10,30H,11H2,(H,27,29). The maximum absolute atomic E-state index is 13.0. The number of carbonyl (C=O) groups excluding carboxylic acids is 1. The van der Waals surface area contributed by atoms with Crippen LogP contribution in [0.5, 0.6) is 5.75 Å². The third kappa shape index (κ3) is 5.74. The van der Waals surface area contributed by atoms with Gasteiger partial charge in [0.2, 0.25) is 5.91 Å². The second kappa shape index (κ2) is 10.1. The average molecular weight is 595 g/mol. The minimum absolute atomic E-state index is 0.119. The first-order valence-corrected chi connectivity index (χ1v) is 12.6. The minimum Gasteiger partial charge on any atom is -0.506 e. The number of nitrogens with one attached hydrogen (secondary N) is 1. The van der Waals surface area contributed by atoms with Crippen molar-refractivity contribution in [1.82, 2.24) is 4.98 Å². The maximum Gasteiger partial charge on any atom is 0.234 e. The number of rotatable bonds is 6. The molecule has 1 amide bonds. The zero-order chi connectivity index (χ0) is 22.7. The molecule has 10 heteroatoms. The van der Waals surface area contributed by atoms with Crippen LogP contribution in [0.1, 0.15) is 5.56 Å². The topological polar surface area (TPSA) is 74.6 Å². The summed E-state index contributed by atoms with van der Waals surface area (Å²) in [6, 6.07) is 14.8. The lowest BCUT2D eigenvalue weighted by Gasteiger charge is -2.03. The summed E-state index contributed by atoms with van der Waals surface area (Å²) in [5, 5.41) is 12.9. The molecule has 162 valence electrons. The van der Waals surface area contributed by atoms with Gasteiger partial charge in [-0.1, -0.05) is 27.7 Å². The highest BCUT2D eigenvalue weighted by Crippen LogP contribution is 2.33. The van der Waals surface area contributed by atoms with Crippen LogP contribution in [0.15, 0.2) is 72.9 Å². The van der Waals surface area contributed by atoms with Crippen LogP contribution in [-0.4, -0.2) is 28.0 Å². The quantitative estimate of drug-likeness (QED) is 0.184. The van der Waals surface area contributed by atoms with Crippen LogP contribution in [0.3, 0.4) is 0 Å². The first-order valence-electron chi connectivity index (χ1n) is 9.18. The minimum atomic E-state index is -0.350. The lowest BCUT2D eigenvalue weighted by molar-refractivity contribution is -0.113. The van der Waals surface area contributed by atoms with Crippen molar-refractivity contribution < 1.29 is 14.3 Å². The molecule has 0 aliphatic carbocycles. The van der Waals surface area contributed by atoms with Crippen molar-refractivity contribution in [2.75, 3.05) is 11.1 Å². The molecule has 0 aliphatic rings. The highest BCUT2D eigenvalue weighted by Gasteiger charge is 2.10. The second-order valence-corrected chi connectivity index (χ2v) is 10.6. The molecule has 0 radical (unpaired) electrons. The number of aromatic nitrogens is 1. The average Bonchev–Trinajstić information content (AvgIpc) is 3.17. The number of anilines is 1. The Morgan fingerprint density at radius 2 is 1.97 bits per heavy atom. The molecule has 32 heavy (non-hydrogen) atoms. The Labute approximate surface area is 208 Å². The van der Waals surface area contributed by atoms with Gasteiger partial charge >= 0.3 is 0 Å². The highest BCUT2D eigenvalue weighted by atomic mass is 79.9. The molecule has 0 bridgehead atoms. The van der Waals surface area contributed by atoms with Gasteiger partial charge in [0.15, 0.2) is 4.34 Å². The Bertz CT molecular complexity index is 1330. The molecule has 2 N–H and O–H groups in total. The van der Waals surface area contributed by atoms with Gasteiger partial charge < -0.3 is 10.4 Å². The first-order chi connectivity index (χ1) is 15.4. The van der Waals surface area contributed by atoms with Crippen molar-refractivity contribution in [1.29, 1.82) is 0 Å². The molecule has 5 nitrogen and oxygen atoms in total. The largest absolute Gasteiger partial charge is 0.506 e. The molecule has 0 saturated heterocycles. The number of hydrogen-bond acceptors (Lipinski definition) is 6. The molecule has 1 heterocycles. The number of thioether (sulfide) groups is 1. The summed E-state index contributed by atoms with van der Waals surface area (Å²) in [6.45, 7) is 0. The number of thiazole rings is 1. The fourth-order valence-electron chi connectivity index (χ4n) is 2.72. The molecular weight excluding hydrogens is 581 g/mol. The van der Waals surface area contributed by atoms with Crippen molar-refractivity contribution in [3.63, 3.8) is 0 Å². The van der Waals surface area contributed by atoms with E-state index < -0.39 is 0 Å². The fourth-order valence-corrected chi connectivity index (χ4v) is 5.88. The summed E-state index contributed by atoms with van der Waals surface area (Å²) in [5.74, 6) is -0.226. The van der Waals surface area contributed by atoms with Crippen molar-refractivity contribution in [3.05, 3.63) is 74.9 Å². The monoisotopic (exact) mass is 593 g/mol. The van der Waals surface area contributed by atoms with Crippen molar-refractivity contribution in [3.8, 4) is 5.75 Å². The molecule has 0 aliphatic heterocycles. The molecule has 3 aromatic carbocycles. The number of phenolic OH excluding ortho intramolecular Hbond substituents is 1. The molecular formula is C22H14Br2FN3O2S2. The summed E-state index contributed by atoms with van der Waals surface area (Å²) in [6.07, 6.45) is 1.60. The van der Waals surface area contributed by atoms with Crippen LogP contribution in [0.4, 0.5) is 15.8 Å². The van der Waals surface area contributed by atoms with Gasteiger partial charge in [-0.2, -0.15) is 0 Å². The number of halogens is 3. The van der Waals surface area contributed by atoms with E-state index in [1.54, 1.807) is 18.3 Å². The Morgan fingerprint density at radius 3 is 2.75 bits per heavy atom. The van der Waals surface area contributed by atoms with Gasteiger partial charge in [0.05, 0.1) is 26.1 Å². The molecule has 0 atom stereocenters. The Balaban J connectivity index is 1.42. The smallest absolute Gasteiger partial charge is 0.234 e. The molecule has 0 fully saturated rings. The molecule has 4 aromatic rings. The van der Waals surface area contributed by atoms with Gasteiger partial charge in [0.25, 0.3) is 0 Å². The van der Waals surface area contributed by atoms with Gasteiger partial charge in [0.1, 0.15) is 11.6 Å². The van der Waals surface area contributed by atoms with E-state index in [0.29, 0.717) is 15.7 Å². The number of benzene rings is 3. The zero-order valence-corrected chi connectivity index (χ0v) is 21.0. The van der Waals surface area contributed by atoms with E-state index >= 15 is 0 Å². The van der Waals surface area contributed by atoms with Crippen LogP contribution in [0.25, 0.3) is 10.2 Å². The van der Waals surface area contributed by atoms with Gasteiger partial charge in [-0.05, 0) is 70.5 Å². The highest BCUT2D eigenvalue weighted by molar-refractivity contribution is 9.11. The summed E-state index contributed by atoms with van der Waals surface area (Å²) in [4.78, 5) is 21.1. The summed E-state index contributed by atoms with van der Waals surface area (Å²) in [5.41, 5.74) is 2.68. The van der Waals surface area contributed by atoms with E-state index in [4.69, 9.17) is 0 Å². The molecule has 4 rings (SSSR count). The lowest BCUT2D eigenvalue weighted by atomic mass is 10.2. The van der Waals surface area contributed by atoms with Crippen LogP contribution in [0, 0.1) is 5.82 Å². The van der Waals surface area contributed by atoms with Crippen molar-refractivity contribution in [2.24, 2.45) is 4.99 Å². The lowest BCUT2D eigenvalue weighted by Crippen LogP contribution is -2.13. The van der Waals surface area contributed by atoms with Crippen molar-refractivity contribution in [2.45, 2.75) is 4.34 Å². The number of amides is 1. The zero-order valence-electron chi connectivity index (χ0n) is 16.2. The third-order valence-corrected chi connectivity index (χ3v) is 7.44. The summed E-state index contributed by atoms with van der Waals surface area (Å²) >= 11 is 9.52. The normalized spacial score (nSPS) is 11.3. The Kier molecular flexibility index (Phi) is 7.24. The number of aliphatic imine (C=N–C) groups is 1. The molecule has 0 spiro atoms. The van der Waals surface area contributed by atoms with E-state index in [1.165, 1.54) is 47.4 Å². The van der Waals surface area contributed by atoms with Gasteiger partial charge in [-0.25, -0.2) is 9.37 Å². The fraction of sp³-hybridized carbons (Fsp3) is 0.0455. The number of nitrogens with zero attached hydrogens (tertiary/aromatic N) is 2. The Morgan fingerprint density at radius 1 is 1.19 bits per heavy atom. The van der Waals surface area contributed by atoms with Gasteiger partial charge in [0, 0.05) is 21.9 Å². The molecule has 0 saturated carbocycles. The van der Waals surface area contributed by atoms with Gasteiger partial charge in [-0.15, -0.1) is 11.3 Å². The number of phenols is 1. The summed E-state index contributed by atoms with van der Waals surface area (Å²) in [7, 11) is 0. The van der Waals surface area contributed by atoms with Crippen LogP contribution in [-0.2, 0) is 4.79 Å².